The molecule has 7 heteroatoms. The summed E-state index contributed by atoms with van der Waals surface area (Å²) < 4.78 is 5.33. The largest absolute Gasteiger partial charge is 0.462 e. The summed E-state index contributed by atoms with van der Waals surface area (Å²) in [6, 6.07) is 3.42. The lowest BCUT2D eigenvalue weighted by Gasteiger charge is -2.26. The highest BCUT2D eigenvalue weighted by atomic mass is 16.6. The third-order valence-corrected chi connectivity index (χ3v) is 3.71. The van der Waals surface area contributed by atoms with Crippen LogP contribution in [-0.2, 0) is 9.53 Å². The van der Waals surface area contributed by atoms with Gasteiger partial charge in [-0.1, -0.05) is 19.9 Å². The van der Waals surface area contributed by atoms with Crippen LogP contribution in [0.1, 0.15) is 39.2 Å². The highest BCUT2D eigenvalue weighted by Crippen LogP contribution is 2.38. The van der Waals surface area contributed by atoms with E-state index in [0.717, 1.165) is 0 Å². The third kappa shape index (κ3) is 3.61. The standard InChI is InChI=1S/C17H21N3O4/c1-10(2)9-24-17(21)14-11(3)19-12(4)16(20(22)23)15(14)13-6-5-7-18-8-13/h5-8,10,15,19H,9H2,1-4H3. The first-order valence-corrected chi connectivity index (χ1v) is 7.73. The maximum absolute atomic E-state index is 12.6. The van der Waals surface area contributed by atoms with Crippen LogP contribution in [0, 0.1) is 16.0 Å². The van der Waals surface area contributed by atoms with Crippen molar-refractivity contribution in [1.82, 2.24) is 10.3 Å². The number of hydrogen-bond donors (Lipinski definition) is 1. The minimum atomic E-state index is -0.811. The van der Waals surface area contributed by atoms with E-state index in [2.05, 4.69) is 10.3 Å². The maximum atomic E-state index is 12.6. The van der Waals surface area contributed by atoms with Gasteiger partial charge < -0.3 is 10.1 Å². The first-order chi connectivity index (χ1) is 11.3. The van der Waals surface area contributed by atoms with Gasteiger partial charge in [0.05, 0.1) is 22.8 Å². The van der Waals surface area contributed by atoms with E-state index in [1.807, 2.05) is 13.8 Å². The molecule has 0 aromatic carbocycles. The zero-order valence-corrected chi connectivity index (χ0v) is 14.2. The number of nitro groups is 1. The Hall–Kier alpha value is -2.70. The van der Waals surface area contributed by atoms with Gasteiger partial charge in [0.15, 0.2) is 0 Å². The molecule has 0 bridgehead atoms. The van der Waals surface area contributed by atoms with E-state index in [1.165, 1.54) is 6.20 Å². The van der Waals surface area contributed by atoms with E-state index in [9.17, 15) is 14.9 Å². The summed E-state index contributed by atoms with van der Waals surface area (Å²) in [5.41, 5.74) is 1.74. The Balaban J connectivity index is 2.51. The molecule has 1 unspecified atom stereocenters. The van der Waals surface area contributed by atoms with E-state index < -0.39 is 16.8 Å². The van der Waals surface area contributed by atoms with Gasteiger partial charge >= 0.3 is 5.97 Å². The van der Waals surface area contributed by atoms with Crippen LogP contribution >= 0.6 is 0 Å². The maximum Gasteiger partial charge on any atom is 0.337 e. The molecule has 0 aliphatic carbocycles. The zero-order chi connectivity index (χ0) is 17.9. The van der Waals surface area contributed by atoms with E-state index in [1.54, 1.807) is 32.2 Å². The van der Waals surface area contributed by atoms with Crippen LogP contribution in [0.5, 0.6) is 0 Å². The predicted octanol–water partition coefficient (Wildman–Crippen LogP) is 2.75. The van der Waals surface area contributed by atoms with Crippen LogP contribution in [-0.4, -0.2) is 22.5 Å². The normalized spacial score (nSPS) is 17.8. The minimum Gasteiger partial charge on any atom is -0.462 e. The monoisotopic (exact) mass is 331 g/mol. The molecule has 1 aliphatic rings. The number of ether oxygens (including phenoxy) is 1. The number of rotatable bonds is 5. The highest BCUT2D eigenvalue weighted by Gasteiger charge is 2.41. The Morgan fingerprint density at radius 1 is 1.42 bits per heavy atom. The number of pyridine rings is 1. The summed E-state index contributed by atoms with van der Waals surface area (Å²) in [6.07, 6.45) is 3.12. The second-order valence-electron chi connectivity index (χ2n) is 6.14. The van der Waals surface area contributed by atoms with Crippen LogP contribution in [0.4, 0.5) is 0 Å². The quantitative estimate of drug-likeness (QED) is 0.506. The molecule has 1 N–H and O–H groups in total. The number of allylic oxidation sites excluding steroid dienone is 3. The Morgan fingerprint density at radius 3 is 2.67 bits per heavy atom. The molecule has 0 fully saturated rings. The Morgan fingerprint density at radius 2 is 2.12 bits per heavy atom. The smallest absolute Gasteiger partial charge is 0.337 e. The summed E-state index contributed by atoms with van der Waals surface area (Å²) in [7, 11) is 0. The third-order valence-electron chi connectivity index (χ3n) is 3.71. The van der Waals surface area contributed by atoms with Crippen LogP contribution in [0.2, 0.25) is 0 Å². The van der Waals surface area contributed by atoms with Crippen molar-refractivity contribution in [3.63, 3.8) is 0 Å². The fraction of sp³-hybridized carbons (Fsp3) is 0.412. The van der Waals surface area contributed by atoms with Crippen molar-refractivity contribution >= 4 is 5.97 Å². The number of carbonyl (C=O) groups is 1. The van der Waals surface area contributed by atoms with Crippen molar-refractivity contribution in [2.45, 2.75) is 33.6 Å². The molecule has 7 nitrogen and oxygen atoms in total. The lowest BCUT2D eigenvalue weighted by Crippen LogP contribution is -2.32. The minimum absolute atomic E-state index is 0.0647. The summed E-state index contributed by atoms with van der Waals surface area (Å²) in [5, 5.41) is 14.5. The molecule has 1 atom stereocenters. The topological polar surface area (TPSA) is 94.4 Å². The lowest BCUT2D eigenvalue weighted by atomic mass is 9.85. The van der Waals surface area contributed by atoms with Crippen LogP contribution in [0.25, 0.3) is 0 Å². The number of carbonyl (C=O) groups excluding carboxylic acids is 1. The van der Waals surface area contributed by atoms with Crippen molar-refractivity contribution < 1.29 is 14.5 Å². The van der Waals surface area contributed by atoms with Crippen molar-refractivity contribution in [2.75, 3.05) is 6.61 Å². The van der Waals surface area contributed by atoms with Crippen molar-refractivity contribution in [3.05, 3.63) is 62.9 Å². The van der Waals surface area contributed by atoms with Gasteiger partial charge in [-0.15, -0.1) is 0 Å². The molecular weight excluding hydrogens is 310 g/mol. The molecular formula is C17H21N3O4. The zero-order valence-electron chi connectivity index (χ0n) is 14.2. The van der Waals surface area contributed by atoms with Crippen LogP contribution in [0.3, 0.4) is 0 Å². The van der Waals surface area contributed by atoms with Gasteiger partial charge in [-0.05, 0) is 31.4 Å². The Kier molecular flexibility index (Phi) is 5.33. The fourth-order valence-corrected chi connectivity index (χ4v) is 2.69. The fourth-order valence-electron chi connectivity index (χ4n) is 2.69. The Bertz CT molecular complexity index is 708. The second kappa shape index (κ2) is 7.25. The summed E-state index contributed by atoms with van der Waals surface area (Å²) in [4.78, 5) is 27.8. The van der Waals surface area contributed by atoms with Crippen LogP contribution in [0.15, 0.2) is 47.2 Å². The van der Waals surface area contributed by atoms with Crippen molar-refractivity contribution in [3.8, 4) is 0 Å². The predicted molar refractivity (Wildman–Crippen MR) is 88.3 cm³/mol. The molecule has 0 spiro atoms. The summed E-state index contributed by atoms with van der Waals surface area (Å²) in [5.74, 6) is -1.18. The summed E-state index contributed by atoms with van der Waals surface area (Å²) >= 11 is 0. The van der Waals surface area contributed by atoms with Crippen LogP contribution < -0.4 is 5.32 Å². The first-order valence-electron chi connectivity index (χ1n) is 7.73. The van der Waals surface area contributed by atoms with Crippen molar-refractivity contribution in [2.24, 2.45) is 5.92 Å². The van der Waals surface area contributed by atoms with E-state index in [-0.39, 0.29) is 23.8 Å². The first kappa shape index (κ1) is 17.7. The van der Waals surface area contributed by atoms with Gasteiger partial charge in [-0.25, -0.2) is 4.79 Å². The Labute approximate surface area is 140 Å². The highest BCUT2D eigenvalue weighted by molar-refractivity contribution is 5.92. The van der Waals surface area contributed by atoms with Gasteiger partial charge in [-0.2, -0.15) is 0 Å². The molecule has 0 amide bonds. The molecule has 0 saturated carbocycles. The van der Waals surface area contributed by atoms with Gasteiger partial charge in [0.25, 0.3) is 5.70 Å². The van der Waals surface area contributed by atoms with E-state index >= 15 is 0 Å². The number of dihydropyridines is 1. The second-order valence-corrected chi connectivity index (χ2v) is 6.14. The number of nitrogens with zero attached hydrogens (tertiary/aromatic N) is 2. The molecule has 0 radical (unpaired) electrons. The van der Waals surface area contributed by atoms with Gasteiger partial charge in [-0.3, -0.25) is 15.1 Å². The molecule has 1 aromatic heterocycles. The molecule has 1 aliphatic heterocycles. The molecule has 2 heterocycles. The SMILES string of the molecule is CC1=C(C(=O)OCC(C)C)C(c2cccnc2)C([N+](=O)[O-])=C(C)N1. The lowest BCUT2D eigenvalue weighted by molar-refractivity contribution is -0.431. The number of hydrogen-bond acceptors (Lipinski definition) is 6. The average molecular weight is 331 g/mol. The average Bonchev–Trinajstić information content (AvgIpc) is 2.52. The number of nitrogens with one attached hydrogen (secondary N) is 1. The molecule has 1 aromatic rings. The number of esters is 1. The molecule has 0 saturated heterocycles. The van der Waals surface area contributed by atoms with Gasteiger partial charge in [0, 0.05) is 18.1 Å². The molecule has 128 valence electrons. The number of aromatic nitrogens is 1. The van der Waals surface area contributed by atoms with Crippen molar-refractivity contribution in [1.29, 1.82) is 0 Å². The summed E-state index contributed by atoms with van der Waals surface area (Å²) in [6.45, 7) is 7.46. The molecule has 24 heavy (non-hydrogen) atoms. The van der Waals surface area contributed by atoms with E-state index in [0.29, 0.717) is 17.0 Å². The van der Waals surface area contributed by atoms with E-state index in [4.69, 9.17) is 4.74 Å². The van der Waals surface area contributed by atoms with Gasteiger partial charge in [0.2, 0.25) is 0 Å². The molecule has 2 rings (SSSR count). The van der Waals surface area contributed by atoms with Gasteiger partial charge in [0.1, 0.15) is 5.92 Å².